The molecule has 0 bridgehead atoms. The second-order valence-electron chi connectivity index (χ2n) is 6.50. The Balaban J connectivity index is 1.62. The van der Waals surface area contributed by atoms with E-state index in [0.29, 0.717) is 29.9 Å². The first-order valence-electron chi connectivity index (χ1n) is 8.54. The van der Waals surface area contributed by atoms with E-state index in [0.717, 1.165) is 11.8 Å². The lowest BCUT2D eigenvalue weighted by Crippen LogP contribution is -2.13. The number of aromatic nitrogens is 3. The molecule has 0 saturated heterocycles. The molecule has 132 valence electrons. The smallest absolute Gasteiger partial charge is 0.306 e. The number of aliphatic carboxylic acids is 1. The molecule has 2 heterocycles. The molecule has 4 rings (SSSR count). The number of hydrogen-bond acceptors (Lipinski definition) is 4. The van der Waals surface area contributed by atoms with Crippen LogP contribution in [0.2, 0.25) is 0 Å². The highest BCUT2D eigenvalue weighted by Gasteiger charge is 2.31. The molecule has 2 aromatic heterocycles. The largest absolute Gasteiger partial charge is 0.481 e. The van der Waals surface area contributed by atoms with Crippen LogP contribution < -0.4 is 5.32 Å². The molecule has 0 radical (unpaired) electrons. The summed E-state index contributed by atoms with van der Waals surface area (Å²) in [5.74, 6) is -0.827. The van der Waals surface area contributed by atoms with Crippen LogP contribution in [-0.2, 0) is 4.79 Å². The van der Waals surface area contributed by atoms with E-state index in [1.807, 2.05) is 22.9 Å². The average Bonchev–Trinajstić information content (AvgIpc) is 3.29. The van der Waals surface area contributed by atoms with Gasteiger partial charge in [-0.3, -0.25) is 9.59 Å². The summed E-state index contributed by atoms with van der Waals surface area (Å²) in [6.07, 6.45) is 5.38. The van der Waals surface area contributed by atoms with Crippen molar-refractivity contribution in [2.45, 2.75) is 25.3 Å². The number of carbonyl (C=O) groups excluding carboxylic acids is 1. The molecular weight excluding hydrogens is 332 g/mol. The van der Waals surface area contributed by atoms with E-state index in [2.05, 4.69) is 15.3 Å². The van der Waals surface area contributed by atoms with Gasteiger partial charge < -0.3 is 15.0 Å². The summed E-state index contributed by atoms with van der Waals surface area (Å²) in [4.78, 5) is 32.2. The van der Waals surface area contributed by atoms with Crippen LogP contribution in [-0.4, -0.2) is 31.5 Å². The zero-order valence-corrected chi connectivity index (χ0v) is 14.0. The minimum absolute atomic E-state index is 0.0983. The number of anilines is 1. The lowest BCUT2D eigenvalue weighted by Gasteiger charge is -2.13. The summed E-state index contributed by atoms with van der Waals surface area (Å²) in [6.45, 7) is 0. The Morgan fingerprint density at radius 3 is 2.65 bits per heavy atom. The van der Waals surface area contributed by atoms with Crippen molar-refractivity contribution >= 4 is 28.7 Å². The van der Waals surface area contributed by atoms with Gasteiger partial charge in [0.15, 0.2) is 0 Å². The lowest BCUT2D eigenvalue weighted by molar-refractivity contribution is -0.141. The second kappa shape index (κ2) is 6.59. The topological polar surface area (TPSA) is 97.1 Å². The third kappa shape index (κ3) is 2.92. The first-order valence-corrected chi connectivity index (χ1v) is 8.54. The molecule has 0 spiro atoms. The lowest BCUT2D eigenvalue weighted by atomic mass is 10.1. The molecule has 1 amide bonds. The van der Waals surface area contributed by atoms with E-state index in [4.69, 9.17) is 0 Å². The Hall–Kier alpha value is -3.22. The Labute approximate surface area is 149 Å². The maximum Gasteiger partial charge on any atom is 0.306 e. The van der Waals surface area contributed by atoms with Crippen molar-refractivity contribution in [3.63, 3.8) is 0 Å². The quantitative estimate of drug-likeness (QED) is 0.753. The van der Waals surface area contributed by atoms with Gasteiger partial charge in [0.2, 0.25) is 0 Å². The van der Waals surface area contributed by atoms with E-state index in [9.17, 15) is 14.7 Å². The molecular formula is C19H18N4O3. The van der Waals surface area contributed by atoms with Gasteiger partial charge in [-0.25, -0.2) is 9.97 Å². The van der Waals surface area contributed by atoms with Crippen molar-refractivity contribution in [2.24, 2.45) is 5.92 Å². The zero-order valence-electron chi connectivity index (χ0n) is 14.0. The average molecular weight is 350 g/mol. The van der Waals surface area contributed by atoms with Crippen molar-refractivity contribution in [1.82, 2.24) is 14.5 Å². The van der Waals surface area contributed by atoms with Gasteiger partial charge in [-0.2, -0.15) is 0 Å². The number of carboxylic acid groups (broad SMARTS) is 1. The Bertz CT molecular complexity index is 967. The van der Waals surface area contributed by atoms with E-state index in [1.165, 1.54) is 6.33 Å². The van der Waals surface area contributed by atoms with Crippen molar-refractivity contribution in [3.8, 4) is 0 Å². The Morgan fingerprint density at radius 1 is 1.12 bits per heavy atom. The molecule has 2 unspecified atom stereocenters. The maximum absolute atomic E-state index is 12.4. The zero-order chi connectivity index (χ0) is 18.1. The molecule has 2 atom stereocenters. The van der Waals surface area contributed by atoms with Crippen LogP contribution in [0.1, 0.15) is 35.7 Å². The first-order chi connectivity index (χ1) is 12.6. The number of carbonyl (C=O) groups is 2. The molecule has 0 aliphatic heterocycles. The van der Waals surface area contributed by atoms with Crippen LogP contribution in [0.15, 0.2) is 48.9 Å². The number of rotatable bonds is 4. The molecule has 2 N–H and O–H groups in total. The van der Waals surface area contributed by atoms with Crippen molar-refractivity contribution in [3.05, 3.63) is 54.5 Å². The van der Waals surface area contributed by atoms with Crippen LogP contribution in [0.25, 0.3) is 11.0 Å². The maximum atomic E-state index is 12.4. The summed E-state index contributed by atoms with van der Waals surface area (Å²) in [5, 5.41) is 12.8. The predicted molar refractivity (Wildman–Crippen MR) is 95.9 cm³/mol. The van der Waals surface area contributed by atoms with Gasteiger partial charge >= 0.3 is 5.97 Å². The summed E-state index contributed by atoms with van der Waals surface area (Å²) >= 11 is 0. The number of fused-ring (bicyclic) bond motifs is 1. The highest BCUT2D eigenvalue weighted by molar-refractivity contribution is 6.07. The third-order valence-electron chi connectivity index (χ3n) is 4.92. The molecule has 1 aliphatic carbocycles. The summed E-state index contributed by atoms with van der Waals surface area (Å²) in [7, 11) is 0. The monoisotopic (exact) mass is 350 g/mol. The van der Waals surface area contributed by atoms with Gasteiger partial charge in [0.1, 0.15) is 17.8 Å². The molecule has 3 aromatic rings. The van der Waals surface area contributed by atoms with E-state index >= 15 is 0 Å². The van der Waals surface area contributed by atoms with E-state index in [1.54, 1.807) is 24.3 Å². The van der Waals surface area contributed by atoms with Gasteiger partial charge in [0.05, 0.1) is 11.3 Å². The number of carboxylic acids is 1. The number of hydrogen-bond donors (Lipinski definition) is 2. The summed E-state index contributed by atoms with van der Waals surface area (Å²) in [6, 6.07) is 10.9. The van der Waals surface area contributed by atoms with Crippen molar-refractivity contribution < 1.29 is 14.7 Å². The van der Waals surface area contributed by atoms with Crippen molar-refractivity contribution in [2.75, 3.05) is 5.32 Å². The molecule has 1 aromatic carbocycles. The van der Waals surface area contributed by atoms with Crippen molar-refractivity contribution in [1.29, 1.82) is 0 Å². The van der Waals surface area contributed by atoms with Gasteiger partial charge in [-0.1, -0.05) is 18.2 Å². The highest BCUT2D eigenvalue weighted by atomic mass is 16.4. The fourth-order valence-electron chi connectivity index (χ4n) is 3.57. The summed E-state index contributed by atoms with van der Waals surface area (Å²) < 4.78 is 2.00. The summed E-state index contributed by atoms with van der Waals surface area (Å²) in [5.41, 5.74) is 1.26. The molecule has 1 aliphatic rings. The minimum Gasteiger partial charge on any atom is -0.481 e. The van der Waals surface area contributed by atoms with E-state index in [-0.39, 0.29) is 17.9 Å². The van der Waals surface area contributed by atoms with Gasteiger partial charge in [-0.15, -0.1) is 0 Å². The first kappa shape index (κ1) is 16.3. The number of nitrogens with one attached hydrogen (secondary N) is 1. The molecule has 7 nitrogen and oxygen atoms in total. The van der Waals surface area contributed by atoms with Gasteiger partial charge in [0, 0.05) is 17.8 Å². The van der Waals surface area contributed by atoms with Crippen LogP contribution in [0, 0.1) is 5.92 Å². The SMILES string of the molecule is O=C(Nc1ncnc2c1ccn2C1CCC(C(=O)O)C1)c1ccccc1. The van der Waals surface area contributed by atoms with Gasteiger partial charge in [-0.05, 0) is 37.5 Å². The van der Waals surface area contributed by atoms with Gasteiger partial charge in [0.25, 0.3) is 5.91 Å². The second-order valence-corrected chi connectivity index (χ2v) is 6.50. The van der Waals surface area contributed by atoms with Crippen LogP contribution in [0.5, 0.6) is 0 Å². The Kier molecular flexibility index (Phi) is 4.12. The molecule has 1 saturated carbocycles. The van der Waals surface area contributed by atoms with E-state index < -0.39 is 5.97 Å². The fourth-order valence-corrected chi connectivity index (χ4v) is 3.57. The molecule has 1 fully saturated rings. The molecule has 7 heteroatoms. The third-order valence-corrected chi connectivity index (χ3v) is 4.92. The minimum atomic E-state index is -0.741. The van der Waals surface area contributed by atoms with Crippen LogP contribution >= 0.6 is 0 Å². The highest BCUT2D eigenvalue weighted by Crippen LogP contribution is 2.37. The molecule has 26 heavy (non-hydrogen) atoms. The number of nitrogens with zero attached hydrogens (tertiary/aromatic N) is 3. The predicted octanol–water partition coefficient (Wildman–Crippen LogP) is 3.11. The number of amides is 1. The Morgan fingerprint density at radius 2 is 1.92 bits per heavy atom. The van der Waals surface area contributed by atoms with Crippen LogP contribution in [0.4, 0.5) is 5.82 Å². The van der Waals surface area contributed by atoms with Crippen LogP contribution in [0.3, 0.4) is 0 Å². The number of benzene rings is 1. The normalized spacial score (nSPS) is 19.5. The fraction of sp³-hybridized carbons (Fsp3) is 0.263. The standard InChI is InChI=1S/C19H18N4O3/c24-18(12-4-2-1-3-5-12)22-16-15-8-9-23(17(15)21-11-20-16)14-7-6-13(10-14)19(25)26/h1-5,8-9,11,13-14H,6-7,10H2,(H,25,26)(H,20,21,22,24).